The quantitative estimate of drug-likeness (QED) is 0.722. The lowest BCUT2D eigenvalue weighted by Gasteiger charge is -2.33. The van der Waals surface area contributed by atoms with Crippen molar-refractivity contribution in [3.05, 3.63) is 0 Å². The Bertz CT molecular complexity index is 175. The van der Waals surface area contributed by atoms with E-state index in [2.05, 4.69) is 18.9 Å². The van der Waals surface area contributed by atoms with Crippen LogP contribution in [0.5, 0.6) is 0 Å². The van der Waals surface area contributed by atoms with Crippen molar-refractivity contribution < 1.29 is 4.74 Å². The van der Waals surface area contributed by atoms with Gasteiger partial charge in [-0.15, -0.1) is 0 Å². The number of methoxy groups -OCH3 is 1. The Morgan fingerprint density at radius 3 is 2.79 bits per heavy atom. The molecule has 2 N–H and O–H groups in total. The smallest absolute Gasteiger partial charge is 0.0589 e. The summed E-state index contributed by atoms with van der Waals surface area (Å²) in [6, 6.07) is 0.382. The SMILES string of the molecule is COCCN(C)CC1(C)CCCC1N. The van der Waals surface area contributed by atoms with Crippen molar-refractivity contribution in [2.45, 2.75) is 32.2 Å². The summed E-state index contributed by atoms with van der Waals surface area (Å²) in [5, 5.41) is 0. The topological polar surface area (TPSA) is 38.5 Å². The van der Waals surface area contributed by atoms with E-state index in [1.807, 2.05) is 0 Å². The second-order valence-corrected chi connectivity index (χ2v) is 4.88. The molecule has 1 rings (SSSR count). The largest absolute Gasteiger partial charge is 0.383 e. The van der Waals surface area contributed by atoms with E-state index in [0.717, 1.165) is 19.7 Å². The Hall–Kier alpha value is -0.120. The van der Waals surface area contributed by atoms with E-state index in [4.69, 9.17) is 10.5 Å². The highest BCUT2D eigenvalue weighted by molar-refractivity contribution is 4.93. The Morgan fingerprint density at radius 2 is 2.29 bits per heavy atom. The maximum Gasteiger partial charge on any atom is 0.0589 e. The van der Waals surface area contributed by atoms with Gasteiger partial charge >= 0.3 is 0 Å². The molecule has 2 atom stereocenters. The van der Waals surface area contributed by atoms with Crippen LogP contribution in [0, 0.1) is 5.41 Å². The van der Waals surface area contributed by atoms with Crippen molar-refractivity contribution in [1.29, 1.82) is 0 Å². The normalized spacial score (nSPS) is 32.8. The second kappa shape index (κ2) is 5.10. The van der Waals surface area contributed by atoms with Gasteiger partial charge in [0, 0.05) is 26.2 Å². The summed E-state index contributed by atoms with van der Waals surface area (Å²) in [6.07, 6.45) is 3.75. The molecule has 0 aromatic carbocycles. The summed E-state index contributed by atoms with van der Waals surface area (Å²) >= 11 is 0. The van der Waals surface area contributed by atoms with E-state index < -0.39 is 0 Å². The lowest BCUT2D eigenvalue weighted by atomic mass is 9.85. The van der Waals surface area contributed by atoms with E-state index in [-0.39, 0.29) is 0 Å². The van der Waals surface area contributed by atoms with Crippen LogP contribution in [0.1, 0.15) is 26.2 Å². The minimum absolute atomic E-state index is 0.322. The van der Waals surface area contributed by atoms with E-state index in [1.165, 1.54) is 19.3 Å². The predicted molar refractivity (Wildman–Crippen MR) is 59.3 cm³/mol. The van der Waals surface area contributed by atoms with E-state index in [9.17, 15) is 0 Å². The molecule has 0 saturated heterocycles. The van der Waals surface area contributed by atoms with Crippen LogP contribution in [0.4, 0.5) is 0 Å². The van der Waals surface area contributed by atoms with Gasteiger partial charge in [-0.25, -0.2) is 0 Å². The molecule has 14 heavy (non-hydrogen) atoms. The van der Waals surface area contributed by atoms with Gasteiger partial charge in [0.2, 0.25) is 0 Å². The highest BCUT2D eigenvalue weighted by Gasteiger charge is 2.36. The van der Waals surface area contributed by atoms with E-state index in [1.54, 1.807) is 7.11 Å². The zero-order valence-corrected chi connectivity index (χ0v) is 9.75. The monoisotopic (exact) mass is 200 g/mol. The van der Waals surface area contributed by atoms with E-state index in [0.29, 0.717) is 11.5 Å². The Balaban J connectivity index is 2.34. The fraction of sp³-hybridized carbons (Fsp3) is 1.00. The zero-order valence-electron chi connectivity index (χ0n) is 9.75. The number of rotatable bonds is 5. The van der Waals surface area contributed by atoms with Crippen LogP contribution in [-0.4, -0.2) is 44.8 Å². The van der Waals surface area contributed by atoms with Gasteiger partial charge in [-0.3, -0.25) is 0 Å². The molecular formula is C11H24N2O. The molecule has 0 amide bonds. The zero-order chi connectivity index (χ0) is 10.6. The van der Waals surface area contributed by atoms with Gasteiger partial charge < -0.3 is 15.4 Å². The average Bonchev–Trinajstić information content (AvgIpc) is 2.43. The summed E-state index contributed by atoms with van der Waals surface area (Å²) in [4.78, 5) is 2.33. The Morgan fingerprint density at radius 1 is 1.57 bits per heavy atom. The first-order chi connectivity index (χ1) is 6.58. The molecule has 2 unspecified atom stereocenters. The van der Waals surface area contributed by atoms with Crippen LogP contribution in [0.15, 0.2) is 0 Å². The second-order valence-electron chi connectivity index (χ2n) is 4.88. The number of hydrogen-bond donors (Lipinski definition) is 1. The minimum Gasteiger partial charge on any atom is -0.383 e. The van der Waals surface area contributed by atoms with Crippen LogP contribution in [-0.2, 0) is 4.74 Å². The summed E-state index contributed by atoms with van der Waals surface area (Å²) in [5.74, 6) is 0. The molecule has 0 spiro atoms. The van der Waals surface area contributed by atoms with Gasteiger partial charge in [0.25, 0.3) is 0 Å². The van der Waals surface area contributed by atoms with Crippen molar-refractivity contribution in [2.75, 3.05) is 33.9 Å². The third-order valence-corrected chi connectivity index (χ3v) is 3.47. The molecule has 0 aromatic heterocycles. The van der Waals surface area contributed by atoms with Crippen LogP contribution in [0.25, 0.3) is 0 Å². The molecule has 3 heteroatoms. The Labute approximate surface area is 87.6 Å². The molecule has 1 fully saturated rings. The third kappa shape index (κ3) is 2.94. The van der Waals surface area contributed by atoms with Crippen LogP contribution >= 0.6 is 0 Å². The van der Waals surface area contributed by atoms with Crippen molar-refractivity contribution in [3.63, 3.8) is 0 Å². The number of nitrogens with two attached hydrogens (primary N) is 1. The minimum atomic E-state index is 0.322. The van der Waals surface area contributed by atoms with Crippen molar-refractivity contribution in [1.82, 2.24) is 4.90 Å². The van der Waals surface area contributed by atoms with Gasteiger partial charge in [-0.2, -0.15) is 0 Å². The maximum absolute atomic E-state index is 6.13. The van der Waals surface area contributed by atoms with Crippen molar-refractivity contribution in [2.24, 2.45) is 11.1 Å². The fourth-order valence-corrected chi connectivity index (χ4v) is 2.40. The average molecular weight is 200 g/mol. The molecule has 0 bridgehead atoms. The molecular weight excluding hydrogens is 176 g/mol. The molecule has 1 aliphatic rings. The fourth-order valence-electron chi connectivity index (χ4n) is 2.40. The Kier molecular flexibility index (Phi) is 4.35. The molecule has 1 aliphatic carbocycles. The lowest BCUT2D eigenvalue weighted by molar-refractivity contribution is 0.125. The molecule has 1 saturated carbocycles. The molecule has 0 radical (unpaired) electrons. The molecule has 3 nitrogen and oxygen atoms in total. The van der Waals surface area contributed by atoms with Crippen molar-refractivity contribution >= 4 is 0 Å². The number of likely N-dealkylation sites (N-methyl/N-ethyl adjacent to an activating group) is 1. The van der Waals surface area contributed by atoms with Gasteiger partial charge in [0.05, 0.1) is 6.61 Å². The lowest BCUT2D eigenvalue weighted by Crippen LogP contribution is -2.43. The highest BCUT2D eigenvalue weighted by atomic mass is 16.5. The molecule has 0 aromatic rings. The first kappa shape index (κ1) is 12.0. The van der Waals surface area contributed by atoms with Gasteiger partial charge in [-0.05, 0) is 25.3 Å². The van der Waals surface area contributed by atoms with Crippen molar-refractivity contribution in [3.8, 4) is 0 Å². The summed E-state index contributed by atoms with van der Waals surface area (Å²) < 4.78 is 5.06. The highest BCUT2D eigenvalue weighted by Crippen LogP contribution is 2.36. The van der Waals surface area contributed by atoms with E-state index >= 15 is 0 Å². The third-order valence-electron chi connectivity index (χ3n) is 3.47. The first-order valence-corrected chi connectivity index (χ1v) is 5.51. The van der Waals surface area contributed by atoms with Gasteiger partial charge in [0.1, 0.15) is 0 Å². The van der Waals surface area contributed by atoms with Crippen LogP contribution < -0.4 is 5.73 Å². The van der Waals surface area contributed by atoms with Gasteiger partial charge in [-0.1, -0.05) is 13.3 Å². The van der Waals surface area contributed by atoms with Crippen LogP contribution in [0.2, 0.25) is 0 Å². The maximum atomic E-state index is 6.13. The summed E-state index contributed by atoms with van der Waals surface area (Å²) in [6.45, 7) is 5.21. The molecule has 84 valence electrons. The summed E-state index contributed by atoms with van der Waals surface area (Å²) in [5.41, 5.74) is 6.45. The molecule has 0 heterocycles. The number of nitrogens with zero attached hydrogens (tertiary/aromatic N) is 1. The standard InChI is InChI=1S/C11H24N2O/c1-11(6-4-5-10(11)12)9-13(2)7-8-14-3/h10H,4-9,12H2,1-3H3. The van der Waals surface area contributed by atoms with Crippen LogP contribution in [0.3, 0.4) is 0 Å². The summed E-state index contributed by atoms with van der Waals surface area (Å²) in [7, 11) is 3.90. The number of ether oxygens (including phenoxy) is 1. The molecule has 0 aliphatic heterocycles. The first-order valence-electron chi connectivity index (χ1n) is 5.51. The number of hydrogen-bond acceptors (Lipinski definition) is 3. The predicted octanol–water partition coefficient (Wildman–Crippen LogP) is 1.08. The van der Waals surface area contributed by atoms with Gasteiger partial charge in [0.15, 0.2) is 0 Å².